The first-order chi connectivity index (χ1) is 10.3. The van der Waals surface area contributed by atoms with Crippen LogP contribution >= 0.6 is 0 Å². The monoisotopic (exact) mass is 285 g/mol. The first kappa shape index (κ1) is 14.0. The second-order valence-electron chi connectivity index (χ2n) is 5.60. The summed E-state index contributed by atoms with van der Waals surface area (Å²) in [6, 6.07) is 0. The molecule has 0 fully saturated rings. The zero-order chi connectivity index (χ0) is 14.7. The molecule has 0 bridgehead atoms. The zero-order valence-corrected chi connectivity index (χ0v) is 12.9. The van der Waals surface area contributed by atoms with E-state index >= 15 is 0 Å². The van der Waals surface area contributed by atoms with Crippen molar-refractivity contribution in [3.8, 4) is 11.5 Å². The Morgan fingerprint density at radius 3 is 2.86 bits per heavy atom. The maximum Gasteiger partial charge on any atom is 0.180 e. The Balaban J connectivity index is 2.07. The van der Waals surface area contributed by atoms with Crippen molar-refractivity contribution in [1.82, 2.24) is 19.5 Å². The molecule has 1 N–H and O–H groups in total. The van der Waals surface area contributed by atoms with Gasteiger partial charge in [0.15, 0.2) is 5.82 Å². The second kappa shape index (κ2) is 6.24. The van der Waals surface area contributed by atoms with E-state index in [2.05, 4.69) is 21.8 Å². The number of imidazole rings is 1. The van der Waals surface area contributed by atoms with Crippen LogP contribution in [0.25, 0.3) is 11.5 Å². The molecule has 0 aliphatic heterocycles. The summed E-state index contributed by atoms with van der Waals surface area (Å²) in [7, 11) is 1.95. The number of hydrogen-bond donors (Lipinski definition) is 1. The maximum atomic E-state index is 4.86. The molecule has 2 heterocycles. The van der Waals surface area contributed by atoms with Crippen molar-refractivity contribution in [3.63, 3.8) is 0 Å². The van der Waals surface area contributed by atoms with Crippen LogP contribution < -0.4 is 5.32 Å². The zero-order valence-electron chi connectivity index (χ0n) is 12.9. The molecule has 0 unspecified atom stereocenters. The van der Waals surface area contributed by atoms with Gasteiger partial charge in [-0.2, -0.15) is 0 Å². The molecule has 2 aromatic heterocycles. The lowest BCUT2D eigenvalue weighted by Gasteiger charge is -2.13. The molecule has 112 valence electrons. The molecule has 0 amide bonds. The summed E-state index contributed by atoms with van der Waals surface area (Å²) in [5.41, 5.74) is 3.53. The molecular formula is C16H23N5. The highest BCUT2D eigenvalue weighted by atomic mass is 15.1. The van der Waals surface area contributed by atoms with Crippen LogP contribution in [0.3, 0.4) is 0 Å². The largest absolute Gasteiger partial charge is 0.373 e. The van der Waals surface area contributed by atoms with Crippen molar-refractivity contribution in [3.05, 3.63) is 23.8 Å². The molecule has 0 saturated heterocycles. The van der Waals surface area contributed by atoms with Crippen LogP contribution in [0.5, 0.6) is 0 Å². The minimum atomic E-state index is 0.797. The van der Waals surface area contributed by atoms with Crippen molar-refractivity contribution in [2.24, 2.45) is 0 Å². The Kier molecular flexibility index (Phi) is 4.18. The minimum absolute atomic E-state index is 0.797. The molecule has 0 atom stereocenters. The molecule has 0 spiro atoms. The number of anilines is 1. The van der Waals surface area contributed by atoms with Crippen molar-refractivity contribution in [1.29, 1.82) is 0 Å². The highest BCUT2D eigenvalue weighted by Gasteiger charge is 2.18. The first-order valence-electron chi connectivity index (χ1n) is 7.91. The number of fused-ring (bicyclic) bond motifs is 1. The van der Waals surface area contributed by atoms with E-state index in [0.717, 1.165) is 43.1 Å². The van der Waals surface area contributed by atoms with E-state index in [9.17, 15) is 0 Å². The van der Waals surface area contributed by atoms with E-state index in [0.29, 0.717) is 0 Å². The summed E-state index contributed by atoms with van der Waals surface area (Å²) in [5.74, 6) is 1.78. The maximum absolute atomic E-state index is 4.86. The third-order valence-corrected chi connectivity index (χ3v) is 4.08. The van der Waals surface area contributed by atoms with Gasteiger partial charge in [0.05, 0.1) is 12.5 Å². The van der Waals surface area contributed by atoms with Crippen LogP contribution in [-0.4, -0.2) is 26.6 Å². The van der Waals surface area contributed by atoms with E-state index < -0.39 is 0 Å². The fourth-order valence-electron chi connectivity index (χ4n) is 3.02. The number of hydrogen-bond acceptors (Lipinski definition) is 4. The van der Waals surface area contributed by atoms with Gasteiger partial charge < -0.3 is 9.88 Å². The van der Waals surface area contributed by atoms with E-state index in [1.165, 1.54) is 30.5 Å². The number of rotatable bonds is 4. The fraction of sp³-hybridized carbons (Fsp3) is 0.562. The predicted molar refractivity (Wildman–Crippen MR) is 84.3 cm³/mol. The molecule has 1 aliphatic carbocycles. The topological polar surface area (TPSA) is 55.6 Å². The van der Waals surface area contributed by atoms with Gasteiger partial charge in [0, 0.05) is 24.8 Å². The lowest BCUT2D eigenvalue weighted by Crippen LogP contribution is -2.08. The summed E-state index contributed by atoms with van der Waals surface area (Å²) in [4.78, 5) is 13.9. The van der Waals surface area contributed by atoms with Gasteiger partial charge in [0.2, 0.25) is 0 Å². The van der Waals surface area contributed by atoms with E-state index in [4.69, 9.17) is 9.97 Å². The summed E-state index contributed by atoms with van der Waals surface area (Å²) in [6.45, 7) is 3.12. The average molecular weight is 285 g/mol. The molecule has 1 aliphatic rings. The third kappa shape index (κ3) is 2.77. The van der Waals surface area contributed by atoms with Gasteiger partial charge in [-0.05, 0) is 32.1 Å². The van der Waals surface area contributed by atoms with Crippen LogP contribution in [0.1, 0.15) is 43.9 Å². The van der Waals surface area contributed by atoms with Crippen LogP contribution in [0.2, 0.25) is 0 Å². The number of nitrogens with zero attached hydrogens (tertiary/aromatic N) is 4. The van der Waals surface area contributed by atoms with Gasteiger partial charge in [0.25, 0.3) is 0 Å². The molecule has 3 rings (SSSR count). The van der Waals surface area contributed by atoms with Gasteiger partial charge in [-0.15, -0.1) is 0 Å². The lowest BCUT2D eigenvalue weighted by molar-refractivity contribution is 0.680. The first-order valence-corrected chi connectivity index (χ1v) is 7.91. The molecule has 21 heavy (non-hydrogen) atoms. The molecule has 0 aromatic carbocycles. The molecule has 0 radical (unpaired) electrons. The SMILES string of the molecule is CCCn1cncc1-c1nc2c(c(NC)n1)CCCCC2. The minimum Gasteiger partial charge on any atom is -0.373 e. The standard InChI is InChI=1S/C16H23N5/c1-3-9-21-11-18-10-14(21)16-19-13-8-6-4-5-7-12(13)15(17-2)20-16/h10-11H,3-9H2,1-2H3,(H,17,19,20). The quantitative estimate of drug-likeness (QED) is 0.877. The number of nitrogens with one attached hydrogen (secondary N) is 1. The lowest BCUT2D eigenvalue weighted by atomic mass is 10.1. The van der Waals surface area contributed by atoms with Crippen molar-refractivity contribution >= 4 is 5.82 Å². The number of aromatic nitrogens is 4. The van der Waals surface area contributed by atoms with Gasteiger partial charge in [-0.25, -0.2) is 15.0 Å². The van der Waals surface area contributed by atoms with Gasteiger partial charge in [-0.3, -0.25) is 0 Å². The molecule has 0 saturated carbocycles. The van der Waals surface area contributed by atoms with Crippen molar-refractivity contribution in [2.75, 3.05) is 12.4 Å². The Bertz CT molecular complexity index is 617. The van der Waals surface area contributed by atoms with Crippen LogP contribution in [0.4, 0.5) is 5.82 Å². The smallest absolute Gasteiger partial charge is 0.180 e. The Hall–Kier alpha value is -1.91. The second-order valence-corrected chi connectivity index (χ2v) is 5.60. The molecular weight excluding hydrogens is 262 g/mol. The summed E-state index contributed by atoms with van der Waals surface area (Å²) in [5, 5.41) is 3.26. The van der Waals surface area contributed by atoms with Gasteiger partial charge in [0.1, 0.15) is 11.5 Å². The highest BCUT2D eigenvalue weighted by Crippen LogP contribution is 2.27. The van der Waals surface area contributed by atoms with Crippen molar-refractivity contribution in [2.45, 2.75) is 52.0 Å². The van der Waals surface area contributed by atoms with Crippen LogP contribution in [0, 0.1) is 0 Å². The summed E-state index contributed by atoms with van der Waals surface area (Å²) >= 11 is 0. The van der Waals surface area contributed by atoms with Crippen LogP contribution in [0.15, 0.2) is 12.5 Å². The Morgan fingerprint density at radius 2 is 2.05 bits per heavy atom. The number of aryl methyl sites for hydroxylation is 2. The average Bonchev–Trinajstić information content (AvgIpc) is 2.83. The van der Waals surface area contributed by atoms with E-state index in [-0.39, 0.29) is 0 Å². The fourth-order valence-corrected chi connectivity index (χ4v) is 3.02. The predicted octanol–water partition coefficient (Wildman–Crippen LogP) is 3.06. The van der Waals surface area contributed by atoms with E-state index in [1.807, 2.05) is 19.6 Å². The summed E-state index contributed by atoms with van der Waals surface area (Å²) < 4.78 is 2.14. The van der Waals surface area contributed by atoms with E-state index in [1.54, 1.807) is 0 Å². The van der Waals surface area contributed by atoms with Crippen LogP contribution in [-0.2, 0) is 19.4 Å². The summed E-state index contributed by atoms with van der Waals surface area (Å²) in [6.07, 6.45) is 10.7. The molecule has 5 nitrogen and oxygen atoms in total. The van der Waals surface area contributed by atoms with Gasteiger partial charge in [-0.1, -0.05) is 13.3 Å². The normalized spacial score (nSPS) is 14.6. The highest BCUT2D eigenvalue weighted by molar-refractivity contribution is 5.56. The molecule has 5 heteroatoms. The van der Waals surface area contributed by atoms with Crippen molar-refractivity contribution < 1.29 is 0 Å². The third-order valence-electron chi connectivity index (χ3n) is 4.08. The Morgan fingerprint density at radius 1 is 1.19 bits per heavy atom. The van der Waals surface area contributed by atoms with Gasteiger partial charge >= 0.3 is 0 Å². The Labute approximate surface area is 125 Å². The molecule has 2 aromatic rings.